The van der Waals surface area contributed by atoms with Crippen molar-refractivity contribution in [2.24, 2.45) is 10.4 Å². The zero-order chi connectivity index (χ0) is 13.1. The molecule has 5 heteroatoms. The fourth-order valence-electron chi connectivity index (χ4n) is 2.32. The van der Waals surface area contributed by atoms with Gasteiger partial charge in [-0.05, 0) is 25.5 Å². The molecule has 1 unspecified atom stereocenters. The Hall–Kier alpha value is -0.420. The number of thioether (sulfide) groups is 1. The van der Waals surface area contributed by atoms with Crippen LogP contribution in [0.25, 0.3) is 0 Å². The standard InChI is InChI=1S/C13H25N3OS/c1-12(9-17-10-12)7-15-11(14-3)16-8-13(2)5-4-6-18-13/h4-10H2,1-3H3,(H2,14,15,16). The molecule has 0 saturated carbocycles. The summed E-state index contributed by atoms with van der Waals surface area (Å²) >= 11 is 2.07. The summed E-state index contributed by atoms with van der Waals surface area (Å²) in [7, 11) is 1.83. The summed E-state index contributed by atoms with van der Waals surface area (Å²) < 4.78 is 5.63. The molecule has 0 aromatic rings. The second-order valence-corrected chi connectivity index (χ2v) is 7.67. The second kappa shape index (κ2) is 5.70. The lowest BCUT2D eigenvalue weighted by atomic mass is 9.89. The molecule has 2 heterocycles. The molecule has 18 heavy (non-hydrogen) atoms. The Morgan fingerprint density at radius 1 is 1.28 bits per heavy atom. The highest BCUT2D eigenvalue weighted by Crippen LogP contribution is 2.36. The zero-order valence-corrected chi connectivity index (χ0v) is 12.5. The Labute approximate surface area is 114 Å². The van der Waals surface area contributed by atoms with Crippen LogP contribution < -0.4 is 10.6 Å². The summed E-state index contributed by atoms with van der Waals surface area (Å²) in [5.74, 6) is 2.21. The molecule has 0 amide bonds. The number of nitrogens with one attached hydrogen (secondary N) is 2. The van der Waals surface area contributed by atoms with Gasteiger partial charge in [-0.1, -0.05) is 6.92 Å². The molecular weight excluding hydrogens is 246 g/mol. The van der Waals surface area contributed by atoms with Gasteiger partial charge in [0.25, 0.3) is 0 Å². The average Bonchev–Trinajstić information content (AvgIpc) is 2.74. The molecule has 2 aliphatic rings. The number of rotatable bonds is 4. The van der Waals surface area contributed by atoms with E-state index in [0.717, 1.165) is 32.3 Å². The van der Waals surface area contributed by atoms with Crippen LogP contribution in [0.3, 0.4) is 0 Å². The number of aliphatic imine (C=N–C) groups is 1. The van der Waals surface area contributed by atoms with Crippen LogP contribution in [0.4, 0.5) is 0 Å². The van der Waals surface area contributed by atoms with Gasteiger partial charge >= 0.3 is 0 Å². The van der Waals surface area contributed by atoms with Crippen molar-refractivity contribution < 1.29 is 4.74 Å². The number of ether oxygens (including phenoxy) is 1. The molecule has 2 saturated heterocycles. The minimum absolute atomic E-state index is 0.281. The molecule has 0 spiro atoms. The summed E-state index contributed by atoms with van der Waals surface area (Å²) in [6.45, 7) is 8.20. The lowest BCUT2D eigenvalue weighted by Crippen LogP contribution is -2.52. The van der Waals surface area contributed by atoms with Crippen molar-refractivity contribution in [1.29, 1.82) is 0 Å². The molecule has 2 N–H and O–H groups in total. The van der Waals surface area contributed by atoms with Gasteiger partial charge in [-0.3, -0.25) is 4.99 Å². The molecule has 0 radical (unpaired) electrons. The quantitative estimate of drug-likeness (QED) is 0.600. The van der Waals surface area contributed by atoms with E-state index < -0.39 is 0 Å². The second-order valence-electron chi connectivity index (χ2n) is 5.98. The lowest BCUT2D eigenvalue weighted by molar-refractivity contribution is -0.0971. The van der Waals surface area contributed by atoms with Gasteiger partial charge in [-0.2, -0.15) is 11.8 Å². The highest BCUT2D eigenvalue weighted by atomic mass is 32.2. The van der Waals surface area contributed by atoms with Crippen LogP contribution in [0.15, 0.2) is 4.99 Å². The van der Waals surface area contributed by atoms with Gasteiger partial charge in [0.1, 0.15) is 0 Å². The number of hydrogen-bond acceptors (Lipinski definition) is 3. The first-order chi connectivity index (χ1) is 8.55. The van der Waals surface area contributed by atoms with E-state index in [9.17, 15) is 0 Å². The van der Waals surface area contributed by atoms with Crippen molar-refractivity contribution >= 4 is 17.7 Å². The van der Waals surface area contributed by atoms with Gasteiger partial charge in [0, 0.05) is 30.3 Å². The maximum atomic E-state index is 5.26. The monoisotopic (exact) mass is 271 g/mol. The summed E-state index contributed by atoms with van der Waals surface area (Å²) in [5, 5.41) is 6.85. The summed E-state index contributed by atoms with van der Waals surface area (Å²) in [6.07, 6.45) is 2.64. The van der Waals surface area contributed by atoms with Crippen LogP contribution in [0.1, 0.15) is 26.7 Å². The van der Waals surface area contributed by atoms with Crippen LogP contribution in [0, 0.1) is 5.41 Å². The lowest BCUT2D eigenvalue weighted by Gasteiger charge is -2.38. The van der Waals surface area contributed by atoms with Crippen molar-refractivity contribution in [2.75, 3.05) is 39.1 Å². The topological polar surface area (TPSA) is 45.7 Å². The van der Waals surface area contributed by atoms with E-state index in [1.54, 1.807) is 0 Å². The van der Waals surface area contributed by atoms with Crippen molar-refractivity contribution in [3.05, 3.63) is 0 Å². The van der Waals surface area contributed by atoms with Crippen LogP contribution in [-0.4, -0.2) is 49.8 Å². The maximum Gasteiger partial charge on any atom is 0.191 e. The fraction of sp³-hybridized carbons (Fsp3) is 0.923. The van der Waals surface area contributed by atoms with Crippen LogP contribution in [-0.2, 0) is 4.74 Å². The normalized spacial score (nSPS) is 30.9. The van der Waals surface area contributed by atoms with Gasteiger partial charge < -0.3 is 15.4 Å². The number of guanidine groups is 1. The molecule has 2 rings (SSSR count). The van der Waals surface area contributed by atoms with E-state index in [2.05, 4.69) is 41.2 Å². The predicted molar refractivity (Wildman–Crippen MR) is 78.4 cm³/mol. The van der Waals surface area contributed by atoms with Crippen LogP contribution >= 0.6 is 11.8 Å². The summed E-state index contributed by atoms with van der Waals surface area (Å²) in [6, 6.07) is 0. The smallest absolute Gasteiger partial charge is 0.191 e. The van der Waals surface area contributed by atoms with Gasteiger partial charge in [-0.25, -0.2) is 0 Å². The molecule has 0 aromatic carbocycles. The Balaban J connectivity index is 1.72. The Bertz CT molecular complexity index is 309. The minimum Gasteiger partial charge on any atom is -0.380 e. The van der Waals surface area contributed by atoms with Gasteiger partial charge in [0.2, 0.25) is 0 Å². The van der Waals surface area contributed by atoms with E-state index >= 15 is 0 Å². The zero-order valence-electron chi connectivity index (χ0n) is 11.7. The van der Waals surface area contributed by atoms with Crippen LogP contribution in [0.5, 0.6) is 0 Å². The Kier molecular flexibility index (Phi) is 4.43. The number of nitrogens with zero attached hydrogens (tertiary/aromatic N) is 1. The summed E-state index contributed by atoms with van der Waals surface area (Å²) in [5.41, 5.74) is 0.281. The molecule has 2 aliphatic heterocycles. The minimum atomic E-state index is 0.281. The molecule has 104 valence electrons. The van der Waals surface area contributed by atoms with Crippen molar-refractivity contribution in [1.82, 2.24) is 10.6 Å². The van der Waals surface area contributed by atoms with Gasteiger partial charge in [0.05, 0.1) is 13.2 Å². The molecule has 1 atom stereocenters. The van der Waals surface area contributed by atoms with Gasteiger partial charge in [0.15, 0.2) is 5.96 Å². The molecule has 0 aromatic heterocycles. The van der Waals surface area contributed by atoms with Crippen molar-refractivity contribution in [3.8, 4) is 0 Å². The third-order valence-corrected chi connectivity index (χ3v) is 5.28. The first kappa shape index (κ1) is 14.0. The molecule has 2 fully saturated rings. The van der Waals surface area contributed by atoms with E-state index in [-0.39, 0.29) is 5.41 Å². The highest BCUT2D eigenvalue weighted by Gasteiger charge is 2.33. The van der Waals surface area contributed by atoms with E-state index in [1.807, 2.05) is 7.05 Å². The van der Waals surface area contributed by atoms with E-state index in [4.69, 9.17) is 4.74 Å². The van der Waals surface area contributed by atoms with Crippen molar-refractivity contribution in [3.63, 3.8) is 0 Å². The van der Waals surface area contributed by atoms with Gasteiger partial charge in [-0.15, -0.1) is 0 Å². The third kappa shape index (κ3) is 3.54. The molecular formula is C13H25N3OS. The van der Waals surface area contributed by atoms with Crippen molar-refractivity contribution in [2.45, 2.75) is 31.4 Å². The SMILES string of the molecule is CN=C(NCC1(C)COC1)NCC1(C)CCCS1. The van der Waals surface area contributed by atoms with Crippen LogP contribution in [0.2, 0.25) is 0 Å². The maximum absolute atomic E-state index is 5.26. The average molecular weight is 271 g/mol. The molecule has 4 nitrogen and oxygen atoms in total. The van der Waals surface area contributed by atoms with E-state index in [0.29, 0.717) is 4.75 Å². The highest BCUT2D eigenvalue weighted by molar-refractivity contribution is 8.00. The number of hydrogen-bond donors (Lipinski definition) is 2. The predicted octanol–water partition coefficient (Wildman–Crippen LogP) is 1.47. The molecule has 0 aliphatic carbocycles. The largest absolute Gasteiger partial charge is 0.380 e. The fourth-order valence-corrected chi connectivity index (χ4v) is 3.56. The first-order valence-electron chi connectivity index (χ1n) is 6.72. The molecule has 0 bridgehead atoms. The van der Waals surface area contributed by atoms with E-state index in [1.165, 1.54) is 18.6 Å². The Morgan fingerprint density at radius 2 is 2.00 bits per heavy atom. The summed E-state index contributed by atoms with van der Waals surface area (Å²) in [4.78, 5) is 4.29. The Morgan fingerprint density at radius 3 is 2.50 bits per heavy atom. The first-order valence-corrected chi connectivity index (χ1v) is 7.70. The third-order valence-electron chi connectivity index (χ3n) is 3.74.